The molecule has 0 aromatic heterocycles. The predicted molar refractivity (Wildman–Crippen MR) is 72.5 cm³/mol. The summed E-state index contributed by atoms with van der Waals surface area (Å²) in [5, 5.41) is -0.976. The fourth-order valence-electron chi connectivity index (χ4n) is 2.43. The van der Waals surface area contributed by atoms with Crippen LogP contribution in [0.4, 0.5) is 22.8 Å². The minimum Gasteiger partial charge on any atom is -0.441 e. The molecule has 2 unspecified atom stereocenters. The molecule has 0 saturated carbocycles. The Balaban J connectivity index is 2.34. The molecule has 2 atom stereocenters. The van der Waals surface area contributed by atoms with Gasteiger partial charge in [-0.3, -0.25) is 4.79 Å². The Bertz CT molecular complexity index is 618. The number of imide groups is 1. The Kier molecular flexibility index (Phi) is 4.37. The smallest absolute Gasteiger partial charge is 0.418 e. The minimum absolute atomic E-state index is 0.0128. The Hall–Kier alpha value is -1.76. The van der Waals surface area contributed by atoms with E-state index in [-0.39, 0.29) is 18.0 Å². The topological polar surface area (TPSA) is 46.6 Å². The summed E-state index contributed by atoms with van der Waals surface area (Å²) in [6, 6.07) is 3.51. The molecule has 0 aliphatic carbocycles. The van der Waals surface area contributed by atoms with Gasteiger partial charge in [-0.15, -0.1) is 0 Å². The van der Waals surface area contributed by atoms with Crippen molar-refractivity contribution in [3.63, 3.8) is 0 Å². The molecule has 0 bridgehead atoms. The van der Waals surface area contributed by atoms with Crippen LogP contribution in [0.3, 0.4) is 0 Å². The van der Waals surface area contributed by atoms with Crippen LogP contribution < -0.4 is 0 Å². The normalized spacial score (nSPS) is 22.5. The van der Waals surface area contributed by atoms with Crippen molar-refractivity contribution in [3.8, 4) is 0 Å². The average molecular weight is 336 g/mol. The highest BCUT2D eigenvalue weighted by Crippen LogP contribution is 2.36. The maximum atomic E-state index is 12.9. The first-order valence-electron chi connectivity index (χ1n) is 6.46. The number of rotatable bonds is 1. The van der Waals surface area contributed by atoms with E-state index in [0.717, 1.165) is 12.1 Å². The molecule has 2 amide bonds. The number of amides is 2. The highest BCUT2D eigenvalue weighted by Gasteiger charge is 2.38. The van der Waals surface area contributed by atoms with Gasteiger partial charge in [0.25, 0.3) is 0 Å². The molecule has 1 aromatic carbocycles. The third kappa shape index (κ3) is 3.35. The van der Waals surface area contributed by atoms with E-state index in [1.165, 1.54) is 13.0 Å². The van der Waals surface area contributed by atoms with E-state index >= 15 is 0 Å². The Morgan fingerprint density at radius 2 is 2.00 bits per heavy atom. The quantitative estimate of drug-likeness (QED) is 0.560. The molecule has 0 spiro atoms. The zero-order valence-electron chi connectivity index (χ0n) is 11.8. The van der Waals surface area contributed by atoms with Gasteiger partial charge in [-0.25, -0.2) is 9.69 Å². The van der Waals surface area contributed by atoms with Crippen molar-refractivity contribution in [1.82, 2.24) is 4.90 Å². The lowest BCUT2D eigenvalue weighted by Crippen LogP contribution is -2.44. The van der Waals surface area contributed by atoms with Gasteiger partial charge in [-0.2, -0.15) is 13.2 Å². The van der Waals surface area contributed by atoms with E-state index < -0.39 is 29.3 Å². The van der Waals surface area contributed by atoms with Crippen LogP contribution in [0.1, 0.15) is 29.7 Å². The number of alkyl halides is 3. The number of carbonyl (C=O) groups excluding carboxylic acids is 2. The highest BCUT2D eigenvalue weighted by molar-refractivity contribution is 6.63. The van der Waals surface area contributed by atoms with Crippen LogP contribution in [0.15, 0.2) is 18.2 Å². The molecule has 1 aliphatic heterocycles. The Labute approximate surface area is 129 Å². The number of aryl methyl sites for hydroxylation is 1. The van der Waals surface area contributed by atoms with Gasteiger partial charge in [-0.05, 0) is 36.2 Å². The average Bonchev–Trinajstić information content (AvgIpc) is 2.39. The third-order valence-corrected chi connectivity index (χ3v) is 3.61. The first kappa shape index (κ1) is 16.6. The molecule has 120 valence electrons. The SMILES string of the molecule is Cc1cc(C2OC(=O)N(C(=O)Cl)CC2C)cc(C(F)(F)F)c1. The van der Waals surface area contributed by atoms with Crippen molar-refractivity contribution in [2.45, 2.75) is 26.1 Å². The summed E-state index contributed by atoms with van der Waals surface area (Å²) in [5.41, 5.74) is -0.152. The molecule has 4 nitrogen and oxygen atoms in total. The third-order valence-electron chi connectivity index (χ3n) is 3.40. The first-order chi connectivity index (χ1) is 10.1. The molecule has 0 radical (unpaired) electrons. The number of carbonyl (C=O) groups is 2. The molecule has 8 heteroatoms. The van der Waals surface area contributed by atoms with Gasteiger partial charge >= 0.3 is 17.6 Å². The maximum absolute atomic E-state index is 12.9. The van der Waals surface area contributed by atoms with Crippen molar-refractivity contribution in [2.75, 3.05) is 6.54 Å². The van der Waals surface area contributed by atoms with E-state index in [4.69, 9.17) is 16.3 Å². The van der Waals surface area contributed by atoms with Crippen LogP contribution in [-0.2, 0) is 10.9 Å². The van der Waals surface area contributed by atoms with Gasteiger partial charge in [0.1, 0.15) is 6.10 Å². The lowest BCUT2D eigenvalue weighted by atomic mass is 9.93. The first-order valence-corrected chi connectivity index (χ1v) is 6.84. The van der Waals surface area contributed by atoms with Gasteiger partial charge in [0.15, 0.2) is 0 Å². The van der Waals surface area contributed by atoms with Crippen molar-refractivity contribution >= 4 is 23.1 Å². The molecule has 0 N–H and O–H groups in total. The standard InChI is InChI=1S/C14H13ClF3NO3/c1-7-3-9(5-10(4-7)14(16,17)18)11-8(2)6-19(12(15)20)13(21)22-11/h3-5,8,11H,6H2,1-2H3. The van der Waals surface area contributed by atoms with E-state index in [9.17, 15) is 22.8 Å². The summed E-state index contributed by atoms with van der Waals surface area (Å²) in [5.74, 6) is -0.386. The molecule has 1 heterocycles. The van der Waals surface area contributed by atoms with Crippen molar-refractivity contribution in [2.24, 2.45) is 5.92 Å². The number of benzene rings is 1. The molecular formula is C14H13ClF3NO3. The van der Waals surface area contributed by atoms with Gasteiger partial charge in [0.2, 0.25) is 0 Å². The molecule has 2 rings (SSSR count). The molecule has 1 aliphatic rings. The molecule has 1 fully saturated rings. The van der Waals surface area contributed by atoms with Crippen molar-refractivity contribution in [3.05, 3.63) is 34.9 Å². The van der Waals surface area contributed by atoms with Crippen LogP contribution in [0, 0.1) is 12.8 Å². The minimum atomic E-state index is -4.49. The summed E-state index contributed by atoms with van der Waals surface area (Å²) >= 11 is 5.26. The van der Waals surface area contributed by atoms with Crippen LogP contribution in [-0.4, -0.2) is 22.9 Å². The zero-order chi connectivity index (χ0) is 16.7. The van der Waals surface area contributed by atoms with Crippen LogP contribution in [0.5, 0.6) is 0 Å². The second-order valence-corrected chi connectivity index (χ2v) is 5.60. The number of hydrogen-bond acceptors (Lipinski definition) is 3. The fourth-order valence-corrected chi connectivity index (χ4v) is 2.57. The van der Waals surface area contributed by atoms with Crippen LogP contribution in [0.25, 0.3) is 0 Å². The lowest BCUT2D eigenvalue weighted by molar-refractivity contribution is -0.137. The van der Waals surface area contributed by atoms with Crippen molar-refractivity contribution in [1.29, 1.82) is 0 Å². The van der Waals surface area contributed by atoms with Crippen LogP contribution >= 0.6 is 11.6 Å². The zero-order valence-corrected chi connectivity index (χ0v) is 12.5. The maximum Gasteiger partial charge on any atom is 0.418 e. The largest absolute Gasteiger partial charge is 0.441 e. The molecule has 22 heavy (non-hydrogen) atoms. The summed E-state index contributed by atoms with van der Waals surface area (Å²) in [6.45, 7) is 3.18. The number of hydrogen-bond donors (Lipinski definition) is 0. The summed E-state index contributed by atoms with van der Waals surface area (Å²) in [4.78, 5) is 23.5. The van der Waals surface area contributed by atoms with E-state index in [2.05, 4.69) is 0 Å². The van der Waals surface area contributed by atoms with E-state index in [1.807, 2.05) is 0 Å². The summed E-state index contributed by atoms with van der Waals surface area (Å²) in [7, 11) is 0. The molecule has 1 aromatic rings. The predicted octanol–water partition coefficient (Wildman–Crippen LogP) is 4.50. The molecular weight excluding hydrogens is 323 g/mol. The summed E-state index contributed by atoms with van der Waals surface area (Å²) in [6.07, 6.45) is -6.31. The Morgan fingerprint density at radius 3 is 2.55 bits per heavy atom. The van der Waals surface area contributed by atoms with Crippen LogP contribution in [0.2, 0.25) is 0 Å². The number of nitrogens with zero attached hydrogens (tertiary/aromatic N) is 1. The Morgan fingerprint density at radius 1 is 1.36 bits per heavy atom. The lowest BCUT2D eigenvalue weighted by Gasteiger charge is -2.34. The van der Waals surface area contributed by atoms with Crippen molar-refractivity contribution < 1.29 is 27.5 Å². The number of cyclic esters (lactones) is 1. The van der Waals surface area contributed by atoms with Gasteiger partial charge in [0.05, 0.1) is 5.56 Å². The van der Waals surface area contributed by atoms with Gasteiger partial charge in [-0.1, -0.05) is 18.6 Å². The van der Waals surface area contributed by atoms with Gasteiger partial charge in [0, 0.05) is 12.5 Å². The van der Waals surface area contributed by atoms with Gasteiger partial charge < -0.3 is 4.74 Å². The number of halogens is 4. The van der Waals surface area contributed by atoms with E-state index in [0.29, 0.717) is 10.5 Å². The second-order valence-electron chi connectivity index (χ2n) is 5.28. The fraction of sp³-hybridized carbons (Fsp3) is 0.429. The van der Waals surface area contributed by atoms with E-state index in [1.54, 1.807) is 6.92 Å². The number of ether oxygens (including phenoxy) is 1. The summed E-state index contributed by atoms with van der Waals surface area (Å²) < 4.78 is 43.7. The monoisotopic (exact) mass is 335 g/mol. The second kappa shape index (κ2) is 5.79. The molecule has 1 saturated heterocycles. The highest BCUT2D eigenvalue weighted by atomic mass is 35.5.